The molecule has 0 bridgehead atoms. The van der Waals surface area contributed by atoms with E-state index < -0.39 is 5.91 Å². The lowest BCUT2D eigenvalue weighted by molar-refractivity contribution is -0.112. The number of nitrogens with zero attached hydrogens (tertiary/aromatic N) is 3. The predicted octanol–water partition coefficient (Wildman–Crippen LogP) is 7.02. The Morgan fingerprint density at radius 2 is 1.81 bits per heavy atom. The number of hydrogen-bond acceptors (Lipinski definition) is 6. The second-order valence-corrected chi connectivity index (χ2v) is 10.8. The molecule has 0 radical (unpaired) electrons. The van der Waals surface area contributed by atoms with Crippen LogP contribution >= 0.6 is 43.2 Å². The van der Waals surface area contributed by atoms with Gasteiger partial charge in [-0.15, -0.1) is 11.3 Å². The Labute approximate surface area is 229 Å². The van der Waals surface area contributed by atoms with Crippen molar-refractivity contribution in [1.82, 2.24) is 0 Å². The summed E-state index contributed by atoms with van der Waals surface area (Å²) in [6.45, 7) is 0.202. The molecule has 0 spiro atoms. The fourth-order valence-corrected chi connectivity index (χ4v) is 6.65. The van der Waals surface area contributed by atoms with Crippen LogP contribution in [0.4, 0.5) is 5.00 Å². The van der Waals surface area contributed by atoms with E-state index in [-0.39, 0.29) is 12.2 Å². The van der Waals surface area contributed by atoms with Crippen molar-refractivity contribution < 1.29 is 9.53 Å². The molecule has 3 aromatic rings. The number of nitrogens with one attached hydrogen (secondary N) is 1. The average molecular weight is 622 g/mol. The van der Waals surface area contributed by atoms with E-state index in [1.54, 1.807) is 24.3 Å². The zero-order chi connectivity index (χ0) is 25.7. The van der Waals surface area contributed by atoms with Crippen molar-refractivity contribution in [3.8, 4) is 24.0 Å². The highest BCUT2D eigenvalue weighted by Gasteiger charge is 2.23. The number of benzene rings is 2. The third-order valence-electron chi connectivity index (χ3n) is 5.72. The van der Waals surface area contributed by atoms with E-state index in [0.717, 1.165) is 41.7 Å². The first-order valence-corrected chi connectivity index (χ1v) is 13.4. The second kappa shape index (κ2) is 11.5. The largest absolute Gasteiger partial charge is 0.486 e. The quantitative estimate of drug-likeness (QED) is 0.235. The number of hydrogen-bond donors (Lipinski definition) is 1. The minimum atomic E-state index is -0.562. The van der Waals surface area contributed by atoms with Gasteiger partial charge in [-0.2, -0.15) is 15.8 Å². The molecule has 0 aliphatic heterocycles. The first-order valence-electron chi connectivity index (χ1n) is 11.0. The van der Waals surface area contributed by atoms with E-state index in [2.05, 4.69) is 49.3 Å². The number of fused-ring (bicyclic) bond motifs is 1. The lowest BCUT2D eigenvalue weighted by Gasteiger charge is -2.12. The fourth-order valence-electron chi connectivity index (χ4n) is 3.96. The van der Waals surface area contributed by atoms with Gasteiger partial charge in [0.15, 0.2) is 0 Å². The van der Waals surface area contributed by atoms with E-state index in [0.29, 0.717) is 36.4 Å². The number of thiophene rings is 1. The smallest absolute Gasteiger partial charge is 0.266 e. The summed E-state index contributed by atoms with van der Waals surface area (Å²) in [6, 6.07) is 17.0. The maximum absolute atomic E-state index is 12.9. The molecule has 178 valence electrons. The van der Waals surface area contributed by atoms with Gasteiger partial charge in [-0.1, -0.05) is 18.2 Å². The monoisotopic (exact) mass is 620 g/mol. The molecular formula is C27H18Br2N4O2S. The Balaban J connectivity index is 1.54. The number of rotatable bonds is 6. The third kappa shape index (κ3) is 5.53. The van der Waals surface area contributed by atoms with Crippen LogP contribution < -0.4 is 10.1 Å². The third-order valence-corrected chi connectivity index (χ3v) is 8.10. The topological polar surface area (TPSA) is 110 Å². The molecule has 1 aromatic heterocycles. The second-order valence-electron chi connectivity index (χ2n) is 8.02. The molecule has 36 heavy (non-hydrogen) atoms. The summed E-state index contributed by atoms with van der Waals surface area (Å²) < 4.78 is 7.17. The van der Waals surface area contributed by atoms with Crippen LogP contribution in [-0.4, -0.2) is 5.91 Å². The summed E-state index contributed by atoms with van der Waals surface area (Å²) in [5.41, 5.74) is 3.35. The molecule has 1 N–H and O–H groups in total. The molecule has 0 saturated carbocycles. The number of nitriles is 3. The zero-order valence-corrected chi connectivity index (χ0v) is 22.9. The normalized spacial score (nSPS) is 12.6. The van der Waals surface area contributed by atoms with Crippen molar-refractivity contribution in [2.24, 2.45) is 0 Å². The number of anilines is 1. The number of carbonyl (C=O) groups is 1. The van der Waals surface area contributed by atoms with Crippen LogP contribution in [0.5, 0.6) is 5.75 Å². The molecule has 2 aromatic carbocycles. The number of carbonyl (C=O) groups excluding carboxylic acids is 1. The van der Waals surface area contributed by atoms with Crippen LogP contribution in [0, 0.1) is 34.0 Å². The molecule has 0 fully saturated rings. The lowest BCUT2D eigenvalue weighted by Crippen LogP contribution is -2.13. The SMILES string of the molecule is N#C/C(=C\c1cc(Br)c(OCc2ccccc2C#N)c(Br)c1)C(=O)Nc1sc2c(c1C#N)CCCC2. The van der Waals surface area contributed by atoms with Crippen LogP contribution in [0.1, 0.15) is 45.5 Å². The van der Waals surface area contributed by atoms with Gasteiger partial charge < -0.3 is 10.1 Å². The Morgan fingerprint density at radius 3 is 2.50 bits per heavy atom. The van der Waals surface area contributed by atoms with E-state index in [1.165, 1.54) is 17.4 Å². The van der Waals surface area contributed by atoms with Crippen molar-refractivity contribution in [2.75, 3.05) is 5.32 Å². The summed E-state index contributed by atoms with van der Waals surface area (Å²) in [4.78, 5) is 14.0. The van der Waals surface area contributed by atoms with Crippen molar-refractivity contribution in [2.45, 2.75) is 32.3 Å². The molecule has 4 rings (SSSR count). The van der Waals surface area contributed by atoms with Gasteiger partial charge in [0, 0.05) is 10.4 Å². The van der Waals surface area contributed by atoms with Crippen LogP contribution in [-0.2, 0) is 24.2 Å². The maximum atomic E-state index is 12.9. The van der Waals surface area contributed by atoms with Gasteiger partial charge in [-0.3, -0.25) is 4.79 Å². The number of amides is 1. The molecule has 1 amide bonds. The number of halogens is 2. The molecule has 9 heteroatoms. The molecule has 6 nitrogen and oxygen atoms in total. The van der Waals surface area contributed by atoms with Crippen molar-refractivity contribution >= 4 is 60.2 Å². The van der Waals surface area contributed by atoms with Gasteiger partial charge in [-0.25, -0.2) is 0 Å². The van der Waals surface area contributed by atoms with Crippen molar-refractivity contribution in [3.05, 3.63) is 83.6 Å². The molecule has 1 heterocycles. The van der Waals surface area contributed by atoms with Crippen LogP contribution in [0.25, 0.3) is 6.08 Å². The van der Waals surface area contributed by atoms with E-state index in [9.17, 15) is 20.6 Å². The minimum absolute atomic E-state index is 0.0827. The molecule has 1 aliphatic rings. The Morgan fingerprint density at radius 1 is 1.08 bits per heavy atom. The highest BCUT2D eigenvalue weighted by atomic mass is 79.9. The van der Waals surface area contributed by atoms with Gasteiger partial charge in [-0.05, 0) is 92.9 Å². The van der Waals surface area contributed by atoms with Crippen LogP contribution in [0.3, 0.4) is 0 Å². The van der Waals surface area contributed by atoms with E-state index in [4.69, 9.17) is 4.74 Å². The first kappa shape index (κ1) is 25.7. The Bertz CT molecular complexity index is 1480. The van der Waals surface area contributed by atoms with E-state index in [1.807, 2.05) is 18.2 Å². The van der Waals surface area contributed by atoms with Gasteiger partial charge in [0.25, 0.3) is 5.91 Å². The van der Waals surface area contributed by atoms with E-state index >= 15 is 0 Å². The number of aryl methyl sites for hydroxylation is 1. The highest BCUT2D eigenvalue weighted by Crippen LogP contribution is 2.38. The van der Waals surface area contributed by atoms with Crippen LogP contribution in [0.2, 0.25) is 0 Å². The van der Waals surface area contributed by atoms with Gasteiger partial charge in [0.1, 0.15) is 35.1 Å². The van der Waals surface area contributed by atoms with Crippen molar-refractivity contribution in [3.63, 3.8) is 0 Å². The fraction of sp³-hybridized carbons (Fsp3) is 0.185. The molecular weight excluding hydrogens is 604 g/mol. The molecule has 1 aliphatic carbocycles. The summed E-state index contributed by atoms with van der Waals surface area (Å²) in [5, 5.41) is 31.8. The summed E-state index contributed by atoms with van der Waals surface area (Å²) in [5.74, 6) is -0.0287. The molecule has 0 saturated heterocycles. The lowest BCUT2D eigenvalue weighted by atomic mass is 9.96. The van der Waals surface area contributed by atoms with Gasteiger partial charge in [0.2, 0.25) is 0 Å². The highest BCUT2D eigenvalue weighted by molar-refractivity contribution is 9.11. The zero-order valence-electron chi connectivity index (χ0n) is 18.9. The number of ether oxygens (including phenoxy) is 1. The van der Waals surface area contributed by atoms with Crippen LogP contribution in [0.15, 0.2) is 50.9 Å². The minimum Gasteiger partial charge on any atom is -0.486 e. The van der Waals surface area contributed by atoms with Crippen molar-refractivity contribution in [1.29, 1.82) is 15.8 Å². The average Bonchev–Trinajstić information content (AvgIpc) is 3.23. The van der Waals surface area contributed by atoms with Gasteiger partial charge in [0.05, 0.1) is 26.1 Å². The summed E-state index contributed by atoms with van der Waals surface area (Å²) in [6.07, 6.45) is 5.33. The molecule has 0 unspecified atom stereocenters. The predicted molar refractivity (Wildman–Crippen MR) is 145 cm³/mol. The summed E-state index contributed by atoms with van der Waals surface area (Å²) in [7, 11) is 0. The standard InChI is InChI=1S/C27H18Br2N4O2S/c28-22-10-16(11-23(29)25(22)35-15-18-6-2-1-5-17(18)12-30)9-19(13-31)26(34)33-27-21(14-32)20-7-3-4-8-24(20)36-27/h1-2,5-6,9-11H,3-4,7-8,15H2,(H,33,34)/b19-9+. The summed E-state index contributed by atoms with van der Waals surface area (Å²) >= 11 is 8.41. The van der Waals surface area contributed by atoms with Gasteiger partial charge >= 0.3 is 0 Å². The first-order chi connectivity index (χ1) is 17.4. The Kier molecular flexibility index (Phi) is 8.23. The Hall–Kier alpha value is -3.42. The maximum Gasteiger partial charge on any atom is 0.266 e. The molecule has 0 atom stereocenters.